The summed E-state index contributed by atoms with van der Waals surface area (Å²) in [6.07, 6.45) is 8.36. The van der Waals surface area contributed by atoms with Crippen LogP contribution in [0.4, 0.5) is 0 Å². The molecule has 0 saturated carbocycles. The largest absolute Gasteiger partial charge is 0.331 e. The van der Waals surface area contributed by atoms with E-state index in [0.717, 1.165) is 29.5 Å². The van der Waals surface area contributed by atoms with Crippen molar-refractivity contribution in [3.63, 3.8) is 0 Å². The number of allylic oxidation sites excluding steroid dienone is 3. The maximum Gasteiger partial charge on any atom is 0.331 e. The second kappa shape index (κ2) is 15.2. The van der Waals surface area contributed by atoms with Crippen LogP contribution >= 0.6 is 0 Å². The topological polar surface area (TPSA) is 54.4 Å². The van der Waals surface area contributed by atoms with E-state index in [0.29, 0.717) is 29.2 Å². The smallest absolute Gasteiger partial charge is 0.274 e. The molecule has 0 bridgehead atoms. The lowest BCUT2D eigenvalue weighted by Crippen LogP contribution is -2.14. The average molecular weight is 672 g/mol. The van der Waals surface area contributed by atoms with E-state index in [2.05, 4.69) is 140 Å². The maximum absolute atomic E-state index is 12.6. The first-order valence-electron chi connectivity index (χ1n) is 17.6. The Morgan fingerprint density at radius 3 is 1.27 bits per heavy atom. The van der Waals surface area contributed by atoms with Gasteiger partial charge in [0.25, 0.3) is 0 Å². The molecule has 0 radical (unpaired) electrons. The van der Waals surface area contributed by atoms with Crippen molar-refractivity contribution in [3.8, 4) is 0 Å². The summed E-state index contributed by atoms with van der Waals surface area (Å²) in [5.41, 5.74) is 13.7. The Bertz CT molecular complexity index is 1810. The highest BCUT2D eigenvalue weighted by molar-refractivity contribution is 7.89. The molecule has 1 aliphatic rings. The van der Waals surface area contributed by atoms with Gasteiger partial charge in [-0.25, -0.2) is 0 Å². The molecule has 0 fully saturated rings. The van der Waals surface area contributed by atoms with Crippen LogP contribution in [0.5, 0.6) is 0 Å². The van der Waals surface area contributed by atoms with E-state index in [9.17, 15) is 13.0 Å². The third-order valence-corrected chi connectivity index (χ3v) is 10.6. The van der Waals surface area contributed by atoms with Crippen molar-refractivity contribution in [3.05, 3.63) is 176 Å². The predicted octanol–water partition coefficient (Wildman–Crippen LogP) is 11.7. The minimum Gasteiger partial charge on any atom is -0.274 e. The zero-order chi connectivity index (χ0) is 35.5. The number of hydrogen-bond acceptors (Lipinski definition) is 2. The molecule has 0 atom stereocenters. The van der Waals surface area contributed by atoms with E-state index in [-0.39, 0.29) is 5.25 Å². The van der Waals surface area contributed by atoms with Gasteiger partial charge in [-0.05, 0) is 105 Å². The highest BCUT2D eigenvalue weighted by Crippen LogP contribution is 2.38. The van der Waals surface area contributed by atoms with Gasteiger partial charge in [0.2, 0.25) is 0 Å². The van der Waals surface area contributed by atoms with Crippen LogP contribution in [0.3, 0.4) is 0 Å². The molecule has 1 aliphatic carbocycles. The van der Waals surface area contributed by atoms with E-state index in [1.54, 1.807) is 12.2 Å². The molecule has 0 amide bonds. The molecule has 3 nitrogen and oxygen atoms in total. The minimum atomic E-state index is -4.46. The van der Waals surface area contributed by atoms with Gasteiger partial charge in [-0.1, -0.05) is 116 Å². The van der Waals surface area contributed by atoms with Crippen LogP contribution < -0.4 is 0 Å². The summed E-state index contributed by atoms with van der Waals surface area (Å²) in [5, 5.41) is -0.0991. The van der Waals surface area contributed by atoms with E-state index in [4.69, 9.17) is 0 Å². The number of hydrogen-bond donors (Lipinski definition) is 1. The second-order valence-corrected chi connectivity index (χ2v) is 15.9. The molecule has 4 aromatic rings. The van der Waals surface area contributed by atoms with Crippen LogP contribution in [0.1, 0.15) is 135 Å². The normalized spacial score (nSPS) is 13.4. The molecular formula is C45H51O3S+. The standard InChI is InChI=1S/C45H50O3S/c1-29(2)37-14-11-15-38(30(3)4)42(37)27-33-19-23-35(24-20-33)45(41-13-9-10-18-44(41)49(46,47)48)36-25-21-34(22-26-36)28-43-39(31(5)6)16-12-17-40(43)32(7)8/h9-26,29-32H,27-28H2,1-8H3/p+1. The lowest BCUT2D eigenvalue weighted by atomic mass is 9.84. The van der Waals surface area contributed by atoms with E-state index in [1.807, 2.05) is 6.08 Å². The zero-order valence-corrected chi connectivity index (χ0v) is 31.1. The molecule has 1 N–H and O–H groups in total. The summed E-state index contributed by atoms with van der Waals surface area (Å²) in [6.45, 7) is 18.0. The summed E-state index contributed by atoms with van der Waals surface area (Å²) < 4.78 is 35.5. The highest BCUT2D eigenvalue weighted by Gasteiger charge is 2.35. The van der Waals surface area contributed by atoms with E-state index in [1.165, 1.54) is 50.6 Å². The second-order valence-electron chi connectivity index (χ2n) is 14.5. The monoisotopic (exact) mass is 671 g/mol. The molecule has 4 aromatic carbocycles. The Hall–Kier alpha value is -4.12. The quantitative estimate of drug-likeness (QED) is 0.128. The lowest BCUT2D eigenvalue weighted by Gasteiger charge is -2.20. The summed E-state index contributed by atoms with van der Waals surface area (Å²) >= 11 is 0. The van der Waals surface area contributed by atoms with Crippen LogP contribution in [0, 0.1) is 5.25 Å². The first-order chi connectivity index (χ1) is 23.3. The van der Waals surface area contributed by atoms with Crippen LogP contribution in [0.2, 0.25) is 0 Å². The molecule has 0 aliphatic heterocycles. The number of rotatable bonds is 11. The molecule has 5 rings (SSSR count). The van der Waals surface area contributed by atoms with Crippen LogP contribution in [0.25, 0.3) is 5.57 Å². The van der Waals surface area contributed by atoms with Crippen molar-refractivity contribution in [1.82, 2.24) is 0 Å². The van der Waals surface area contributed by atoms with Gasteiger partial charge < -0.3 is 0 Å². The fourth-order valence-corrected chi connectivity index (χ4v) is 7.88. The van der Waals surface area contributed by atoms with Crippen LogP contribution in [0.15, 0.2) is 115 Å². The third kappa shape index (κ3) is 8.20. The van der Waals surface area contributed by atoms with Crippen LogP contribution in [-0.2, 0) is 23.0 Å². The average Bonchev–Trinajstić information content (AvgIpc) is 3.06. The zero-order valence-electron chi connectivity index (χ0n) is 30.3. The third-order valence-electron chi connectivity index (χ3n) is 9.67. The fraction of sp³-hybridized carbons (Fsp3) is 0.311. The van der Waals surface area contributed by atoms with Gasteiger partial charge in [-0.2, -0.15) is 8.42 Å². The van der Waals surface area contributed by atoms with E-state index < -0.39 is 10.1 Å². The van der Waals surface area contributed by atoms with Crippen molar-refractivity contribution >= 4 is 15.7 Å². The van der Waals surface area contributed by atoms with Crippen molar-refractivity contribution in [2.75, 3.05) is 0 Å². The molecule has 0 unspecified atom stereocenters. The highest BCUT2D eigenvalue weighted by atomic mass is 32.2. The number of benzene rings is 4. The summed E-state index contributed by atoms with van der Waals surface area (Å²) in [4.78, 5) is 0. The van der Waals surface area contributed by atoms with Crippen LogP contribution in [-0.4, -0.2) is 13.0 Å². The van der Waals surface area contributed by atoms with Crippen molar-refractivity contribution < 1.29 is 13.0 Å². The molecule has 4 heteroatoms. The summed E-state index contributed by atoms with van der Waals surface area (Å²) in [5.74, 6) is 1.68. The fourth-order valence-electron chi connectivity index (χ4n) is 7.18. The summed E-state index contributed by atoms with van der Waals surface area (Å²) in [6, 6.07) is 30.2. The summed E-state index contributed by atoms with van der Waals surface area (Å²) in [7, 11) is -4.46. The first kappa shape index (κ1) is 36.2. The molecule has 0 aromatic heterocycles. The molecule has 49 heavy (non-hydrogen) atoms. The predicted molar refractivity (Wildman–Crippen MR) is 207 cm³/mol. The molecule has 0 spiro atoms. The Balaban J connectivity index is 1.57. The minimum absolute atomic E-state index is 0.0991. The van der Waals surface area contributed by atoms with Gasteiger partial charge in [0.05, 0.1) is 5.57 Å². The van der Waals surface area contributed by atoms with Crippen molar-refractivity contribution in [2.24, 2.45) is 0 Å². The van der Waals surface area contributed by atoms with Crippen molar-refractivity contribution in [1.29, 1.82) is 0 Å². The Morgan fingerprint density at radius 2 is 0.939 bits per heavy atom. The Kier molecular flexibility index (Phi) is 11.2. The van der Waals surface area contributed by atoms with Gasteiger partial charge >= 0.3 is 10.1 Å². The maximum atomic E-state index is 12.6. The van der Waals surface area contributed by atoms with Crippen molar-refractivity contribution in [2.45, 2.75) is 91.9 Å². The molecule has 0 saturated heterocycles. The Labute approximate surface area is 295 Å². The lowest BCUT2D eigenvalue weighted by molar-refractivity contribution is 0.487. The van der Waals surface area contributed by atoms with Gasteiger partial charge in [-0.3, -0.25) is 4.55 Å². The SMILES string of the molecule is CC(C)c1cccc(C(C)C)c1Cc1ccc(C(=C2C=CC=C[C+]2S(=O)(=O)O)c2ccc(Cc3c(C(C)C)cccc3C(C)C)cc2)cc1. The van der Waals surface area contributed by atoms with E-state index >= 15 is 0 Å². The van der Waals surface area contributed by atoms with Gasteiger partial charge in [0.1, 0.15) is 5.57 Å². The Morgan fingerprint density at radius 1 is 0.571 bits per heavy atom. The van der Waals surface area contributed by atoms with Gasteiger partial charge in [0.15, 0.2) is 5.25 Å². The molecule has 0 heterocycles. The molecule has 254 valence electrons. The molecular weight excluding hydrogens is 621 g/mol. The first-order valence-corrected chi connectivity index (χ1v) is 19.1. The van der Waals surface area contributed by atoms with Gasteiger partial charge in [-0.15, -0.1) is 0 Å². The van der Waals surface area contributed by atoms with Gasteiger partial charge in [0, 0.05) is 35.4 Å².